The third-order valence-electron chi connectivity index (χ3n) is 5.37. The predicted octanol–water partition coefficient (Wildman–Crippen LogP) is 7.03. The summed E-state index contributed by atoms with van der Waals surface area (Å²) in [5.41, 5.74) is 1.59. The molecule has 1 saturated carbocycles. The van der Waals surface area contributed by atoms with Crippen molar-refractivity contribution in [2.75, 3.05) is 10.6 Å². The molecule has 0 bridgehead atoms. The largest absolute Gasteiger partial charge is 0.421 e. The molecule has 0 radical (unpaired) electrons. The van der Waals surface area contributed by atoms with E-state index < -0.39 is 11.7 Å². The average Bonchev–Trinajstić information content (AvgIpc) is 2.75. The highest BCUT2D eigenvalue weighted by atomic mass is 19.4. The third kappa shape index (κ3) is 4.90. The molecule has 4 nitrogen and oxygen atoms in total. The first-order valence-corrected chi connectivity index (χ1v) is 10.1. The van der Waals surface area contributed by atoms with Gasteiger partial charge < -0.3 is 10.6 Å². The number of rotatable bonds is 5. The van der Waals surface area contributed by atoms with Crippen molar-refractivity contribution in [2.45, 2.75) is 44.2 Å². The van der Waals surface area contributed by atoms with Crippen LogP contribution in [0.3, 0.4) is 0 Å². The van der Waals surface area contributed by atoms with E-state index in [1.54, 1.807) is 12.1 Å². The van der Waals surface area contributed by atoms with Crippen molar-refractivity contribution < 1.29 is 13.2 Å². The van der Waals surface area contributed by atoms with Crippen LogP contribution in [-0.2, 0) is 6.18 Å². The highest BCUT2D eigenvalue weighted by Gasteiger charge is 2.35. The molecule has 30 heavy (non-hydrogen) atoms. The van der Waals surface area contributed by atoms with Crippen LogP contribution in [0, 0.1) is 0 Å². The molecule has 0 amide bonds. The Morgan fingerprint density at radius 2 is 1.47 bits per heavy atom. The zero-order valence-electron chi connectivity index (χ0n) is 16.4. The molecule has 1 aromatic heterocycles. The van der Waals surface area contributed by atoms with Crippen molar-refractivity contribution >= 4 is 23.1 Å². The number of nitrogens with one attached hydrogen (secondary N) is 2. The Morgan fingerprint density at radius 3 is 2.13 bits per heavy atom. The van der Waals surface area contributed by atoms with Gasteiger partial charge in [-0.2, -0.15) is 18.2 Å². The second kappa shape index (κ2) is 8.73. The Kier molecular flexibility index (Phi) is 5.88. The minimum atomic E-state index is -4.56. The lowest BCUT2D eigenvalue weighted by Gasteiger charge is -2.22. The summed E-state index contributed by atoms with van der Waals surface area (Å²) in [6, 6.07) is 16.7. The van der Waals surface area contributed by atoms with Crippen LogP contribution in [0.5, 0.6) is 0 Å². The minimum absolute atomic E-state index is 0.0931. The maximum Gasteiger partial charge on any atom is 0.421 e. The summed E-state index contributed by atoms with van der Waals surface area (Å²) in [4.78, 5) is 7.92. The maximum absolute atomic E-state index is 13.5. The zero-order valence-corrected chi connectivity index (χ0v) is 16.4. The molecule has 0 unspecified atom stereocenters. The Balaban J connectivity index is 1.57. The van der Waals surface area contributed by atoms with E-state index in [4.69, 9.17) is 0 Å². The molecule has 3 aromatic rings. The summed E-state index contributed by atoms with van der Waals surface area (Å²) < 4.78 is 40.4. The fraction of sp³-hybridized carbons (Fsp3) is 0.304. The number of hydrogen-bond acceptors (Lipinski definition) is 4. The zero-order chi connectivity index (χ0) is 21.0. The van der Waals surface area contributed by atoms with Gasteiger partial charge in [-0.25, -0.2) is 4.98 Å². The van der Waals surface area contributed by atoms with Crippen molar-refractivity contribution in [3.63, 3.8) is 0 Å². The third-order valence-corrected chi connectivity index (χ3v) is 5.37. The number of alkyl halides is 3. The van der Waals surface area contributed by atoms with Gasteiger partial charge in [-0.05, 0) is 48.6 Å². The van der Waals surface area contributed by atoms with Gasteiger partial charge in [0.15, 0.2) is 0 Å². The number of aromatic nitrogens is 2. The van der Waals surface area contributed by atoms with Crippen LogP contribution in [0.4, 0.5) is 36.3 Å². The molecule has 1 aliphatic rings. The van der Waals surface area contributed by atoms with Crippen molar-refractivity contribution in [2.24, 2.45) is 0 Å². The van der Waals surface area contributed by atoms with Crippen LogP contribution in [-0.4, -0.2) is 9.97 Å². The van der Waals surface area contributed by atoms with Crippen LogP contribution in [0.15, 0.2) is 60.8 Å². The van der Waals surface area contributed by atoms with Crippen molar-refractivity contribution in [1.82, 2.24) is 9.97 Å². The number of hydrogen-bond donors (Lipinski definition) is 2. The van der Waals surface area contributed by atoms with E-state index in [2.05, 4.69) is 20.6 Å². The van der Waals surface area contributed by atoms with Gasteiger partial charge in [0, 0.05) is 17.6 Å². The summed E-state index contributed by atoms with van der Waals surface area (Å²) in [5, 5.41) is 5.76. The molecule has 1 fully saturated rings. The number of anilines is 4. The smallest absolute Gasteiger partial charge is 0.340 e. The molecule has 2 aromatic carbocycles. The standard InChI is InChI=1S/C23H23F3N4/c24-23(25,26)20-15-27-22(29-18-9-5-2-6-10-18)30-21(20)28-19-13-11-17(12-14-19)16-7-3-1-4-8-16/h2,5-6,9-16H,1,3-4,7-8H2,(H2,27,28,29,30). The first-order chi connectivity index (χ1) is 14.5. The molecule has 0 aliphatic heterocycles. The van der Waals surface area contributed by atoms with Gasteiger partial charge in [-0.3, -0.25) is 0 Å². The van der Waals surface area contributed by atoms with E-state index in [1.165, 1.54) is 37.7 Å². The lowest BCUT2D eigenvalue weighted by Crippen LogP contribution is -2.12. The van der Waals surface area contributed by atoms with E-state index in [0.29, 0.717) is 17.3 Å². The fourth-order valence-electron chi connectivity index (χ4n) is 3.81. The van der Waals surface area contributed by atoms with Crippen LogP contribution >= 0.6 is 0 Å². The van der Waals surface area contributed by atoms with Crippen LogP contribution < -0.4 is 10.6 Å². The molecule has 2 N–H and O–H groups in total. The van der Waals surface area contributed by atoms with E-state index in [1.807, 2.05) is 42.5 Å². The van der Waals surface area contributed by atoms with Gasteiger partial charge in [0.05, 0.1) is 0 Å². The first-order valence-electron chi connectivity index (χ1n) is 10.1. The van der Waals surface area contributed by atoms with E-state index in [-0.39, 0.29) is 11.8 Å². The van der Waals surface area contributed by atoms with Gasteiger partial charge in [-0.1, -0.05) is 49.6 Å². The van der Waals surface area contributed by atoms with E-state index in [0.717, 1.165) is 6.20 Å². The summed E-state index contributed by atoms with van der Waals surface area (Å²) in [5.74, 6) is 0.358. The Bertz CT molecular complexity index is 966. The summed E-state index contributed by atoms with van der Waals surface area (Å²) in [7, 11) is 0. The molecule has 4 rings (SSSR count). The number of nitrogens with zero attached hydrogens (tertiary/aromatic N) is 2. The number of benzene rings is 2. The average molecular weight is 412 g/mol. The van der Waals surface area contributed by atoms with Gasteiger partial charge in [0.2, 0.25) is 5.95 Å². The predicted molar refractivity (Wildman–Crippen MR) is 112 cm³/mol. The van der Waals surface area contributed by atoms with Crippen LogP contribution in [0.25, 0.3) is 0 Å². The summed E-state index contributed by atoms with van der Waals surface area (Å²) in [6.07, 6.45) is 2.34. The van der Waals surface area contributed by atoms with Crippen LogP contribution in [0.2, 0.25) is 0 Å². The number of para-hydroxylation sites is 1. The van der Waals surface area contributed by atoms with Crippen molar-refractivity contribution in [3.8, 4) is 0 Å². The maximum atomic E-state index is 13.5. The lowest BCUT2D eigenvalue weighted by molar-refractivity contribution is -0.137. The van der Waals surface area contributed by atoms with Gasteiger partial charge >= 0.3 is 6.18 Å². The monoisotopic (exact) mass is 412 g/mol. The minimum Gasteiger partial charge on any atom is -0.340 e. The normalized spacial score (nSPS) is 15.0. The van der Waals surface area contributed by atoms with Gasteiger partial charge in [-0.15, -0.1) is 0 Å². The molecule has 156 valence electrons. The molecular weight excluding hydrogens is 389 g/mol. The second-order valence-corrected chi connectivity index (χ2v) is 7.53. The highest BCUT2D eigenvalue weighted by Crippen LogP contribution is 2.36. The molecule has 1 heterocycles. The highest BCUT2D eigenvalue weighted by molar-refractivity contribution is 5.63. The summed E-state index contributed by atoms with van der Waals surface area (Å²) in [6.45, 7) is 0. The molecule has 1 aliphatic carbocycles. The lowest BCUT2D eigenvalue weighted by atomic mass is 9.84. The Labute approximate surface area is 173 Å². The molecule has 0 spiro atoms. The van der Waals surface area contributed by atoms with Crippen LogP contribution in [0.1, 0.15) is 49.1 Å². The number of halogens is 3. The molecule has 0 atom stereocenters. The van der Waals surface area contributed by atoms with Crippen molar-refractivity contribution in [1.29, 1.82) is 0 Å². The summed E-state index contributed by atoms with van der Waals surface area (Å²) >= 11 is 0. The fourth-order valence-corrected chi connectivity index (χ4v) is 3.81. The van der Waals surface area contributed by atoms with E-state index >= 15 is 0 Å². The van der Waals surface area contributed by atoms with Gasteiger partial charge in [0.25, 0.3) is 0 Å². The van der Waals surface area contributed by atoms with Gasteiger partial charge in [0.1, 0.15) is 11.4 Å². The molecule has 7 heteroatoms. The first kappa shape index (κ1) is 20.2. The van der Waals surface area contributed by atoms with Crippen molar-refractivity contribution in [3.05, 3.63) is 71.9 Å². The topological polar surface area (TPSA) is 49.8 Å². The quantitative estimate of drug-likeness (QED) is 0.472. The Morgan fingerprint density at radius 1 is 0.800 bits per heavy atom. The molecule has 0 saturated heterocycles. The Hall–Kier alpha value is -3.09. The van der Waals surface area contributed by atoms with E-state index in [9.17, 15) is 13.2 Å². The SMILES string of the molecule is FC(F)(F)c1cnc(Nc2ccccc2)nc1Nc1ccc(C2CCCCC2)cc1. The molecular formula is C23H23F3N4. The second-order valence-electron chi connectivity index (χ2n) is 7.53.